The van der Waals surface area contributed by atoms with E-state index in [1.54, 1.807) is 0 Å². The van der Waals surface area contributed by atoms with Crippen LogP contribution in [0.3, 0.4) is 0 Å². The van der Waals surface area contributed by atoms with Crippen LogP contribution in [-0.4, -0.2) is 41.2 Å². The summed E-state index contributed by atoms with van der Waals surface area (Å²) in [6.07, 6.45) is 1.53. The highest BCUT2D eigenvalue weighted by Gasteiger charge is 2.42. The summed E-state index contributed by atoms with van der Waals surface area (Å²) in [5.41, 5.74) is 0. The topological polar surface area (TPSA) is 54.0 Å². The zero-order valence-electron chi connectivity index (χ0n) is 11.6. The Bertz CT molecular complexity index is 242. The third-order valence-electron chi connectivity index (χ3n) is 2.94. The molecule has 1 atom stereocenters. The Labute approximate surface area is 110 Å². The molecule has 1 rings (SSSR count). The lowest BCUT2D eigenvalue weighted by atomic mass is 10.1. The Balaban J connectivity index is 2.55. The van der Waals surface area contributed by atoms with Crippen LogP contribution >= 0.6 is 0 Å². The summed E-state index contributed by atoms with van der Waals surface area (Å²) in [6, 6.07) is 0.683. The Morgan fingerprint density at radius 1 is 1.17 bits per heavy atom. The maximum Gasteiger partial charge on any atom is 0.500 e. The molecule has 0 spiro atoms. The molecular weight excluding hydrogens is 252 g/mol. The molecular formula is C12H24O5Si. The van der Waals surface area contributed by atoms with Crippen LogP contribution in [0.5, 0.6) is 0 Å². The van der Waals surface area contributed by atoms with Gasteiger partial charge < -0.3 is 18.0 Å². The highest BCUT2D eigenvalue weighted by Crippen LogP contribution is 2.26. The van der Waals surface area contributed by atoms with Crippen molar-refractivity contribution in [1.29, 1.82) is 0 Å². The number of hydrogen-bond donors (Lipinski definition) is 0. The second kappa shape index (κ2) is 7.88. The van der Waals surface area contributed by atoms with Crippen molar-refractivity contribution in [3.63, 3.8) is 0 Å². The lowest BCUT2D eigenvalue weighted by Gasteiger charge is -2.28. The van der Waals surface area contributed by atoms with E-state index in [1.165, 1.54) is 0 Å². The summed E-state index contributed by atoms with van der Waals surface area (Å²) in [4.78, 5) is 11.4. The molecule has 0 bridgehead atoms. The van der Waals surface area contributed by atoms with Gasteiger partial charge in [-0.3, -0.25) is 4.79 Å². The van der Waals surface area contributed by atoms with Crippen LogP contribution in [0.25, 0.3) is 0 Å². The standard InChI is InChI=1S/C12H24O5Si/c1-4-15-18(16-5-2,17-6-3)10-8-11-7-9-14-12(11)13/h11H,4-10H2,1-3H3. The lowest BCUT2D eigenvalue weighted by Crippen LogP contribution is -2.46. The van der Waals surface area contributed by atoms with E-state index in [2.05, 4.69) is 0 Å². The number of rotatable bonds is 9. The van der Waals surface area contributed by atoms with Crippen molar-refractivity contribution >= 4 is 14.8 Å². The van der Waals surface area contributed by atoms with Gasteiger partial charge in [-0.25, -0.2) is 0 Å². The minimum absolute atomic E-state index is 0.0155. The first-order valence-corrected chi connectivity index (χ1v) is 8.69. The van der Waals surface area contributed by atoms with Crippen molar-refractivity contribution in [2.45, 2.75) is 39.7 Å². The monoisotopic (exact) mass is 276 g/mol. The summed E-state index contributed by atoms with van der Waals surface area (Å²) in [6.45, 7) is 8.05. The summed E-state index contributed by atoms with van der Waals surface area (Å²) in [5.74, 6) is -0.111. The summed E-state index contributed by atoms with van der Waals surface area (Å²) >= 11 is 0. The maximum absolute atomic E-state index is 11.4. The molecule has 0 aliphatic carbocycles. The minimum atomic E-state index is -2.60. The van der Waals surface area contributed by atoms with Crippen LogP contribution in [0.2, 0.25) is 6.04 Å². The third kappa shape index (κ3) is 4.35. The van der Waals surface area contributed by atoms with E-state index in [1.807, 2.05) is 20.8 Å². The Morgan fingerprint density at radius 2 is 1.72 bits per heavy atom. The van der Waals surface area contributed by atoms with Gasteiger partial charge in [-0.15, -0.1) is 0 Å². The highest BCUT2D eigenvalue weighted by molar-refractivity contribution is 6.60. The van der Waals surface area contributed by atoms with Crippen LogP contribution in [0.4, 0.5) is 0 Å². The van der Waals surface area contributed by atoms with Gasteiger partial charge in [0.05, 0.1) is 12.5 Å². The summed E-state index contributed by atoms with van der Waals surface area (Å²) < 4.78 is 22.2. The predicted molar refractivity (Wildman–Crippen MR) is 69.1 cm³/mol. The van der Waals surface area contributed by atoms with Gasteiger partial charge in [-0.05, 0) is 33.6 Å². The smallest absolute Gasteiger partial charge is 0.465 e. The molecule has 1 aliphatic rings. The molecule has 1 heterocycles. The van der Waals surface area contributed by atoms with Crippen molar-refractivity contribution in [2.75, 3.05) is 26.4 Å². The number of cyclic esters (lactones) is 1. The molecule has 0 radical (unpaired) electrons. The second-order valence-electron chi connectivity index (χ2n) is 4.17. The minimum Gasteiger partial charge on any atom is -0.465 e. The van der Waals surface area contributed by atoms with Gasteiger partial charge in [0, 0.05) is 25.9 Å². The number of esters is 1. The van der Waals surface area contributed by atoms with Crippen LogP contribution in [0.1, 0.15) is 33.6 Å². The molecule has 0 N–H and O–H groups in total. The Morgan fingerprint density at radius 3 is 2.11 bits per heavy atom. The first-order chi connectivity index (χ1) is 8.67. The molecule has 0 amide bonds. The van der Waals surface area contributed by atoms with Crippen LogP contribution < -0.4 is 0 Å². The number of hydrogen-bond acceptors (Lipinski definition) is 5. The molecule has 5 nitrogen and oxygen atoms in total. The second-order valence-corrected chi connectivity index (χ2v) is 6.91. The predicted octanol–water partition coefficient (Wildman–Crippen LogP) is 1.99. The molecule has 6 heteroatoms. The van der Waals surface area contributed by atoms with Gasteiger partial charge in [0.15, 0.2) is 0 Å². The van der Waals surface area contributed by atoms with Crippen molar-refractivity contribution < 1.29 is 22.8 Å². The number of carbonyl (C=O) groups is 1. The normalized spacial score (nSPS) is 20.2. The van der Waals surface area contributed by atoms with Crippen LogP contribution in [-0.2, 0) is 22.8 Å². The fourth-order valence-corrected chi connectivity index (χ4v) is 4.86. The van der Waals surface area contributed by atoms with Gasteiger partial charge in [-0.2, -0.15) is 0 Å². The number of carbonyl (C=O) groups excluding carboxylic acids is 1. The van der Waals surface area contributed by atoms with Gasteiger partial charge in [-0.1, -0.05) is 0 Å². The highest BCUT2D eigenvalue weighted by atomic mass is 28.4. The van der Waals surface area contributed by atoms with Gasteiger partial charge in [0.1, 0.15) is 0 Å². The SMILES string of the molecule is CCO[Si](CCC1CCOC1=O)(OCC)OCC. The lowest BCUT2D eigenvalue weighted by molar-refractivity contribution is -0.141. The van der Waals surface area contributed by atoms with Crippen molar-refractivity contribution in [2.24, 2.45) is 5.92 Å². The van der Waals surface area contributed by atoms with Gasteiger partial charge in [0.25, 0.3) is 0 Å². The fraction of sp³-hybridized carbons (Fsp3) is 0.917. The average molecular weight is 276 g/mol. The molecule has 18 heavy (non-hydrogen) atoms. The zero-order valence-corrected chi connectivity index (χ0v) is 12.6. The van der Waals surface area contributed by atoms with Crippen molar-refractivity contribution in [3.8, 4) is 0 Å². The van der Waals surface area contributed by atoms with Gasteiger partial charge in [0.2, 0.25) is 0 Å². The van der Waals surface area contributed by atoms with E-state index in [0.717, 1.165) is 12.8 Å². The molecule has 1 fully saturated rings. The van der Waals surface area contributed by atoms with Crippen molar-refractivity contribution in [1.82, 2.24) is 0 Å². The molecule has 0 aromatic rings. The average Bonchev–Trinajstić information content (AvgIpc) is 2.73. The summed E-state index contributed by atoms with van der Waals surface area (Å²) in [7, 11) is -2.60. The third-order valence-corrected chi connectivity index (χ3v) is 6.02. The molecule has 0 aromatic heterocycles. The molecule has 0 aromatic carbocycles. The Kier molecular flexibility index (Phi) is 6.84. The van der Waals surface area contributed by atoms with Crippen LogP contribution in [0, 0.1) is 5.92 Å². The molecule has 1 unspecified atom stereocenters. The van der Waals surface area contributed by atoms with E-state index >= 15 is 0 Å². The number of ether oxygens (including phenoxy) is 1. The van der Waals surface area contributed by atoms with Crippen LogP contribution in [0.15, 0.2) is 0 Å². The molecule has 0 saturated carbocycles. The molecule has 1 aliphatic heterocycles. The van der Waals surface area contributed by atoms with E-state index in [-0.39, 0.29) is 11.9 Å². The molecule has 1 saturated heterocycles. The quantitative estimate of drug-likeness (QED) is 0.476. The van der Waals surface area contributed by atoms with E-state index in [0.29, 0.717) is 32.5 Å². The zero-order chi connectivity index (χ0) is 13.4. The summed E-state index contributed by atoms with van der Waals surface area (Å²) in [5, 5.41) is 0. The molecule has 106 valence electrons. The first kappa shape index (κ1) is 15.6. The Hall–Kier alpha value is -0.433. The first-order valence-electron chi connectivity index (χ1n) is 6.76. The van der Waals surface area contributed by atoms with E-state index in [4.69, 9.17) is 18.0 Å². The fourth-order valence-electron chi connectivity index (χ4n) is 2.15. The maximum atomic E-state index is 11.4. The van der Waals surface area contributed by atoms with E-state index < -0.39 is 8.80 Å². The van der Waals surface area contributed by atoms with Crippen molar-refractivity contribution in [3.05, 3.63) is 0 Å². The van der Waals surface area contributed by atoms with Gasteiger partial charge >= 0.3 is 14.8 Å². The van der Waals surface area contributed by atoms with E-state index in [9.17, 15) is 4.79 Å². The largest absolute Gasteiger partial charge is 0.500 e.